The molecule has 0 saturated heterocycles. The fraction of sp³-hybridized carbons (Fsp3) is 0.261. The third-order valence-electron chi connectivity index (χ3n) is 7.00. The standard InChI is InChI=1S/C32H32.C8H10.C3H8.C2H6.CH4/c1-7-27(24(4)20-25(5)29-15-10-9-11-16-29)22-28(8-2)30-18-19-32(26(6)21-30)31-17-13-12-14-23(31)3;1-7-4-3-5-8(2)6-7;1-3-2;1-2;/h7-22H,2,4H2,1,3,5-6H3;3-6H,1-2H3;3H2,1-2H3;1-2H3;1H4/b25-20+,27-7+,28-22+;;;;. The molecule has 0 nitrogen and oxygen atoms in total. The van der Waals surface area contributed by atoms with Crippen molar-refractivity contribution >= 4 is 11.1 Å². The number of hydrogen-bond acceptors (Lipinski definition) is 0. The minimum Gasteiger partial charge on any atom is -0.0984 e. The molecule has 0 N–H and O–H groups in total. The van der Waals surface area contributed by atoms with Gasteiger partial charge in [0.1, 0.15) is 0 Å². The van der Waals surface area contributed by atoms with Gasteiger partial charge < -0.3 is 0 Å². The topological polar surface area (TPSA) is 0 Å². The molecule has 0 aliphatic carbocycles. The summed E-state index contributed by atoms with van der Waals surface area (Å²) in [5, 5.41) is 0. The molecule has 0 heteroatoms. The SMILES string of the molecule is C.C=C/C(=C\C(=C/C)C(=C)/C=C(\C)c1ccccc1)c1ccc(-c2ccccc2C)c(C)c1.CC.CCC.Cc1cccc(C)c1. The predicted octanol–water partition coefficient (Wildman–Crippen LogP) is 14.5. The lowest BCUT2D eigenvalue weighted by Crippen LogP contribution is -1.91. The number of rotatable bonds is 7. The summed E-state index contributed by atoms with van der Waals surface area (Å²) in [6.45, 7) is 29.4. The molecular weight excluding hydrogens is 553 g/mol. The lowest BCUT2D eigenvalue weighted by Gasteiger charge is -2.13. The molecule has 0 saturated carbocycles. The van der Waals surface area contributed by atoms with Gasteiger partial charge in [-0.15, -0.1) is 0 Å². The van der Waals surface area contributed by atoms with Crippen LogP contribution < -0.4 is 0 Å². The first kappa shape index (κ1) is 41.6. The lowest BCUT2D eigenvalue weighted by molar-refractivity contribution is 1.09. The zero-order chi connectivity index (χ0) is 33.8. The second kappa shape index (κ2) is 23.0. The molecule has 0 aliphatic rings. The molecule has 4 aromatic carbocycles. The van der Waals surface area contributed by atoms with Gasteiger partial charge in [-0.2, -0.15) is 0 Å². The van der Waals surface area contributed by atoms with Gasteiger partial charge in [-0.1, -0.05) is 181 Å². The van der Waals surface area contributed by atoms with E-state index < -0.39 is 0 Å². The molecule has 4 aromatic rings. The fourth-order valence-electron chi connectivity index (χ4n) is 4.75. The fourth-order valence-corrected chi connectivity index (χ4v) is 4.75. The highest BCUT2D eigenvalue weighted by atomic mass is 14.1. The summed E-state index contributed by atoms with van der Waals surface area (Å²) < 4.78 is 0. The summed E-state index contributed by atoms with van der Waals surface area (Å²) in [5.41, 5.74) is 14.5. The van der Waals surface area contributed by atoms with Crippen molar-refractivity contribution < 1.29 is 0 Å². The molecule has 0 bridgehead atoms. The predicted molar refractivity (Wildman–Crippen MR) is 212 cm³/mol. The Morgan fingerprint density at radius 2 is 1.20 bits per heavy atom. The smallest absolute Gasteiger partial charge is 0.0152 e. The molecule has 0 atom stereocenters. The highest BCUT2D eigenvalue weighted by molar-refractivity contribution is 5.81. The van der Waals surface area contributed by atoms with Gasteiger partial charge in [0.25, 0.3) is 0 Å². The van der Waals surface area contributed by atoms with Gasteiger partial charge in [-0.05, 0) is 103 Å². The van der Waals surface area contributed by atoms with Crippen LogP contribution in [0.15, 0.2) is 146 Å². The largest absolute Gasteiger partial charge is 0.0984 e. The first-order valence-corrected chi connectivity index (χ1v) is 16.3. The minimum absolute atomic E-state index is 0. The average molecular weight is 613 g/mol. The van der Waals surface area contributed by atoms with Gasteiger partial charge >= 0.3 is 0 Å². The summed E-state index contributed by atoms with van der Waals surface area (Å²) in [6.07, 6.45) is 9.60. The van der Waals surface area contributed by atoms with Crippen molar-refractivity contribution in [3.63, 3.8) is 0 Å². The van der Waals surface area contributed by atoms with Gasteiger partial charge in [-0.3, -0.25) is 0 Å². The van der Waals surface area contributed by atoms with E-state index in [0.717, 1.165) is 22.3 Å². The number of aryl methyl sites for hydroxylation is 4. The van der Waals surface area contributed by atoms with Crippen LogP contribution in [0, 0.1) is 27.7 Å². The maximum absolute atomic E-state index is 4.33. The molecule has 0 radical (unpaired) electrons. The summed E-state index contributed by atoms with van der Waals surface area (Å²) in [7, 11) is 0. The average Bonchev–Trinajstić information content (AvgIpc) is 3.04. The molecule has 0 fully saturated rings. The highest BCUT2D eigenvalue weighted by Crippen LogP contribution is 2.30. The first-order valence-electron chi connectivity index (χ1n) is 16.3. The van der Waals surface area contributed by atoms with Crippen LogP contribution in [0.3, 0.4) is 0 Å². The molecule has 0 unspecified atom stereocenters. The van der Waals surface area contributed by atoms with E-state index in [-0.39, 0.29) is 7.43 Å². The molecular formula is C46H60. The number of benzene rings is 4. The normalized spacial score (nSPS) is 10.9. The molecule has 0 aliphatic heterocycles. The summed E-state index contributed by atoms with van der Waals surface area (Å²) in [5.74, 6) is 0. The van der Waals surface area contributed by atoms with Crippen molar-refractivity contribution in [2.45, 2.75) is 83.1 Å². The summed E-state index contributed by atoms with van der Waals surface area (Å²) in [4.78, 5) is 0. The molecule has 4 rings (SSSR count). The van der Waals surface area contributed by atoms with E-state index in [2.05, 4.69) is 178 Å². The van der Waals surface area contributed by atoms with Gasteiger partial charge in [0.15, 0.2) is 0 Å². The Morgan fingerprint density at radius 1 is 0.652 bits per heavy atom. The van der Waals surface area contributed by atoms with E-state index in [1.807, 2.05) is 26.0 Å². The van der Waals surface area contributed by atoms with Crippen LogP contribution >= 0.6 is 0 Å². The van der Waals surface area contributed by atoms with Crippen molar-refractivity contribution in [1.82, 2.24) is 0 Å². The quantitative estimate of drug-likeness (QED) is 0.182. The van der Waals surface area contributed by atoms with E-state index >= 15 is 0 Å². The van der Waals surface area contributed by atoms with Crippen molar-refractivity contribution in [1.29, 1.82) is 0 Å². The van der Waals surface area contributed by atoms with Crippen LogP contribution in [-0.2, 0) is 0 Å². The van der Waals surface area contributed by atoms with Crippen LogP contribution in [0.1, 0.15) is 88.8 Å². The third kappa shape index (κ3) is 13.7. The van der Waals surface area contributed by atoms with Gasteiger partial charge in [0.05, 0.1) is 0 Å². The second-order valence-electron chi connectivity index (χ2n) is 11.0. The summed E-state index contributed by atoms with van der Waals surface area (Å²) >= 11 is 0. The third-order valence-corrected chi connectivity index (χ3v) is 7.00. The van der Waals surface area contributed by atoms with Crippen LogP contribution in [-0.4, -0.2) is 0 Å². The Balaban J connectivity index is 0.00000122. The second-order valence-corrected chi connectivity index (χ2v) is 11.0. The molecule has 0 amide bonds. The monoisotopic (exact) mass is 612 g/mol. The molecule has 0 heterocycles. The van der Waals surface area contributed by atoms with E-state index in [1.165, 1.54) is 50.9 Å². The van der Waals surface area contributed by atoms with Gasteiger partial charge in [0, 0.05) is 0 Å². The van der Waals surface area contributed by atoms with E-state index in [4.69, 9.17) is 0 Å². The van der Waals surface area contributed by atoms with E-state index in [1.54, 1.807) is 0 Å². The Bertz CT molecular complexity index is 1550. The maximum atomic E-state index is 4.33. The van der Waals surface area contributed by atoms with Crippen LogP contribution in [0.4, 0.5) is 0 Å². The molecule has 0 aromatic heterocycles. The maximum Gasteiger partial charge on any atom is -0.0152 e. The first-order chi connectivity index (χ1) is 21.6. The van der Waals surface area contributed by atoms with Crippen molar-refractivity contribution in [2.75, 3.05) is 0 Å². The minimum atomic E-state index is 0. The van der Waals surface area contributed by atoms with Crippen molar-refractivity contribution in [2.24, 2.45) is 0 Å². The van der Waals surface area contributed by atoms with Crippen LogP contribution in [0.2, 0.25) is 0 Å². The lowest BCUT2D eigenvalue weighted by atomic mass is 9.92. The van der Waals surface area contributed by atoms with Gasteiger partial charge in [0.2, 0.25) is 0 Å². The van der Waals surface area contributed by atoms with Gasteiger partial charge in [-0.25, -0.2) is 0 Å². The Labute approximate surface area is 283 Å². The Morgan fingerprint density at radius 3 is 1.67 bits per heavy atom. The zero-order valence-electron chi connectivity index (χ0n) is 29.7. The van der Waals surface area contributed by atoms with Crippen LogP contribution in [0.5, 0.6) is 0 Å². The summed E-state index contributed by atoms with van der Waals surface area (Å²) in [6, 6.07) is 34.0. The number of hydrogen-bond donors (Lipinski definition) is 0. The van der Waals surface area contributed by atoms with Crippen LogP contribution in [0.25, 0.3) is 22.3 Å². The van der Waals surface area contributed by atoms with Crippen molar-refractivity contribution in [3.8, 4) is 11.1 Å². The van der Waals surface area contributed by atoms with Crippen molar-refractivity contribution in [3.05, 3.63) is 179 Å². The zero-order valence-corrected chi connectivity index (χ0v) is 29.7. The Hall–Kier alpha value is -4.42. The van der Waals surface area contributed by atoms with E-state index in [0.29, 0.717) is 0 Å². The molecule has 46 heavy (non-hydrogen) atoms. The molecule has 244 valence electrons. The van der Waals surface area contributed by atoms with E-state index in [9.17, 15) is 0 Å². The Kier molecular flexibility index (Phi) is 20.8. The number of allylic oxidation sites excluding steroid dienone is 8. The highest BCUT2D eigenvalue weighted by Gasteiger charge is 2.08. The molecule has 0 spiro atoms.